The van der Waals surface area contributed by atoms with Gasteiger partial charge in [0.15, 0.2) is 0 Å². The maximum absolute atomic E-state index is 13.3. The van der Waals surface area contributed by atoms with E-state index in [0.29, 0.717) is 26.1 Å². The van der Waals surface area contributed by atoms with Gasteiger partial charge in [-0.15, -0.1) is 0 Å². The van der Waals surface area contributed by atoms with Crippen molar-refractivity contribution in [3.8, 4) is 16.9 Å². The molecule has 3 aromatic rings. The average molecular weight is 444 g/mol. The highest BCUT2D eigenvalue weighted by Gasteiger charge is 2.36. The third kappa shape index (κ3) is 5.22. The SMILES string of the molecule is CCN1CCN(C(=O)Cc2cccnc2)[C@@H](Cc2cccc(-c3ccc(OC)cc3)c2)C1=O. The largest absolute Gasteiger partial charge is 0.497 e. The zero-order valence-corrected chi connectivity index (χ0v) is 19.1. The first-order valence-electron chi connectivity index (χ1n) is 11.3. The van der Waals surface area contributed by atoms with E-state index in [0.717, 1.165) is 28.0 Å². The van der Waals surface area contributed by atoms with E-state index in [1.165, 1.54) is 0 Å². The average Bonchev–Trinajstić information content (AvgIpc) is 2.86. The van der Waals surface area contributed by atoms with Gasteiger partial charge in [-0.3, -0.25) is 14.6 Å². The number of hydrogen-bond donors (Lipinski definition) is 0. The van der Waals surface area contributed by atoms with Crippen LogP contribution in [0, 0.1) is 0 Å². The van der Waals surface area contributed by atoms with Crippen molar-refractivity contribution < 1.29 is 14.3 Å². The second kappa shape index (κ2) is 10.3. The van der Waals surface area contributed by atoms with Crippen molar-refractivity contribution in [1.29, 1.82) is 0 Å². The molecule has 2 amide bonds. The summed E-state index contributed by atoms with van der Waals surface area (Å²) in [6.07, 6.45) is 4.12. The predicted molar refractivity (Wildman–Crippen MR) is 128 cm³/mol. The molecule has 1 atom stereocenters. The molecule has 2 aromatic carbocycles. The van der Waals surface area contributed by atoms with Crippen LogP contribution >= 0.6 is 0 Å². The molecule has 0 spiro atoms. The highest BCUT2D eigenvalue weighted by Crippen LogP contribution is 2.25. The molecule has 1 fully saturated rings. The monoisotopic (exact) mass is 443 g/mol. The van der Waals surface area contributed by atoms with Crippen LogP contribution in [0.5, 0.6) is 5.75 Å². The predicted octanol–water partition coefficient (Wildman–Crippen LogP) is 3.60. The van der Waals surface area contributed by atoms with Crippen molar-refractivity contribution in [2.45, 2.75) is 25.8 Å². The molecule has 0 aliphatic carbocycles. The third-order valence-electron chi connectivity index (χ3n) is 6.14. The Morgan fingerprint density at radius 3 is 2.52 bits per heavy atom. The number of benzene rings is 2. The van der Waals surface area contributed by atoms with Gasteiger partial charge in [0.2, 0.25) is 11.8 Å². The van der Waals surface area contributed by atoms with E-state index < -0.39 is 6.04 Å². The van der Waals surface area contributed by atoms with Crippen LogP contribution < -0.4 is 4.74 Å². The van der Waals surface area contributed by atoms with E-state index in [2.05, 4.69) is 17.1 Å². The first kappa shape index (κ1) is 22.5. The van der Waals surface area contributed by atoms with E-state index >= 15 is 0 Å². The quantitative estimate of drug-likeness (QED) is 0.560. The van der Waals surface area contributed by atoms with Gasteiger partial charge in [0, 0.05) is 38.4 Å². The highest BCUT2D eigenvalue weighted by atomic mass is 16.5. The van der Waals surface area contributed by atoms with E-state index in [-0.39, 0.29) is 18.2 Å². The van der Waals surface area contributed by atoms with Gasteiger partial charge in [0.05, 0.1) is 13.5 Å². The van der Waals surface area contributed by atoms with Crippen molar-refractivity contribution in [3.05, 3.63) is 84.2 Å². The summed E-state index contributed by atoms with van der Waals surface area (Å²) in [6, 6.07) is 19.3. The van der Waals surface area contributed by atoms with Crippen LogP contribution in [0.4, 0.5) is 0 Å². The lowest BCUT2D eigenvalue weighted by Gasteiger charge is -2.40. The smallest absolute Gasteiger partial charge is 0.245 e. The van der Waals surface area contributed by atoms with E-state index in [9.17, 15) is 9.59 Å². The minimum absolute atomic E-state index is 0.0122. The molecule has 0 bridgehead atoms. The molecule has 6 heteroatoms. The lowest BCUT2D eigenvalue weighted by molar-refractivity contribution is -0.150. The standard InChI is InChI=1S/C27H29N3O3/c1-3-29-14-15-30(26(31)18-21-7-5-13-28-19-21)25(27(29)32)17-20-6-4-8-23(16-20)22-9-11-24(33-2)12-10-22/h4-13,16,19,25H,3,14-15,17-18H2,1-2H3/t25-/m0/s1. The Balaban J connectivity index is 1.57. The van der Waals surface area contributed by atoms with Crippen LogP contribution in [0.15, 0.2) is 73.1 Å². The molecule has 1 aromatic heterocycles. The van der Waals surface area contributed by atoms with Gasteiger partial charge >= 0.3 is 0 Å². The van der Waals surface area contributed by atoms with Crippen molar-refractivity contribution in [3.63, 3.8) is 0 Å². The summed E-state index contributed by atoms with van der Waals surface area (Å²) in [4.78, 5) is 34.1. The first-order chi connectivity index (χ1) is 16.1. The Hall–Kier alpha value is -3.67. The molecule has 0 radical (unpaired) electrons. The highest BCUT2D eigenvalue weighted by molar-refractivity contribution is 5.90. The number of amides is 2. The topological polar surface area (TPSA) is 62.7 Å². The van der Waals surface area contributed by atoms with Crippen LogP contribution in [-0.4, -0.2) is 59.4 Å². The third-order valence-corrected chi connectivity index (χ3v) is 6.14. The Morgan fingerprint density at radius 2 is 1.82 bits per heavy atom. The number of nitrogens with zero attached hydrogens (tertiary/aromatic N) is 3. The van der Waals surface area contributed by atoms with Crippen LogP contribution in [-0.2, 0) is 22.4 Å². The van der Waals surface area contributed by atoms with Crippen molar-refractivity contribution in [1.82, 2.24) is 14.8 Å². The summed E-state index contributed by atoms with van der Waals surface area (Å²) < 4.78 is 5.26. The van der Waals surface area contributed by atoms with Crippen molar-refractivity contribution in [2.75, 3.05) is 26.7 Å². The molecular formula is C27H29N3O3. The molecular weight excluding hydrogens is 414 g/mol. The van der Waals surface area contributed by atoms with Crippen molar-refractivity contribution >= 4 is 11.8 Å². The van der Waals surface area contributed by atoms with E-state index in [1.54, 1.807) is 24.4 Å². The molecule has 1 aliphatic heterocycles. The van der Waals surface area contributed by atoms with Gasteiger partial charge < -0.3 is 14.5 Å². The summed E-state index contributed by atoms with van der Waals surface area (Å²) in [6.45, 7) is 3.73. The number of ether oxygens (including phenoxy) is 1. The maximum Gasteiger partial charge on any atom is 0.245 e. The van der Waals surface area contributed by atoms with Gasteiger partial charge in [-0.1, -0.05) is 42.5 Å². The normalized spacial score (nSPS) is 16.1. The fourth-order valence-electron chi connectivity index (χ4n) is 4.31. The molecule has 4 rings (SSSR count). The molecule has 0 saturated carbocycles. The number of pyridine rings is 1. The number of methoxy groups -OCH3 is 1. The van der Waals surface area contributed by atoms with Gasteiger partial charge in [-0.05, 0) is 47.4 Å². The minimum atomic E-state index is -0.506. The molecule has 170 valence electrons. The number of likely N-dealkylation sites (N-methyl/N-ethyl adjacent to an activating group) is 1. The number of rotatable bonds is 7. The van der Waals surface area contributed by atoms with E-state index in [4.69, 9.17) is 4.74 Å². The number of carbonyl (C=O) groups is 2. The lowest BCUT2D eigenvalue weighted by Crippen LogP contribution is -2.59. The summed E-state index contributed by atoms with van der Waals surface area (Å²) in [5, 5.41) is 0. The Bertz CT molecular complexity index is 1100. The molecule has 6 nitrogen and oxygen atoms in total. The fourth-order valence-corrected chi connectivity index (χ4v) is 4.31. The number of aromatic nitrogens is 1. The molecule has 1 aliphatic rings. The summed E-state index contributed by atoms with van der Waals surface area (Å²) in [5.74, 6) is 0.784. The van der Waals surface area contributed by atoms with Gasteiger partial charge in [0.25, 0.3) is 0 Å². The summed E-state index contributed by atoms with van der Waals surface area (Å²) >= 11 is 0. The second-order valence-corrected chi connectivity index (χ2v) is 8.19. The van der Waals surface area contributed by atoms with E-state index in [1.807, 2.05) is 60.4 Å². The molecule has 0 N–H and O–H groups in total. The number of piperazine rings is 1. The summed E-state index contributed by atoms with van der Waals surface area (Å²) in [5.41, 5.74) is 4.03. The Labute approximate surface area is 194 Å². The molecule has 33 heavy (non-hydrogen) atoms. The van der Waals surface area contributed by atoms with Gasteiger partial charge in [-0.2, -0.15) is 0 Å². The van der Waals surface area contributed by atoms with Crippen molar-refractivity contribution in [2.24, 2.45) is 0 Å². The van der Waals surface area contributed by atoms with Crippen LogP contribution in [0.25, 0.3) is 11.1 Å². The second-order valence-electron chi connectivity index (χ2n) is 8.19. The minimum Gasteiger partial charge on any atom is -0.497 e. The Kier molecular flexibility index (Phi) is 7.03. The fraction of sp³-hybridized carbons (Fsp3) is 0.296. The Morgan fingerprint density at radius 1 is 1.03 bits per heavy atom. The van der Waals surface area contributed by atoms with Gasteiger partial charge in [-0.25, -0.2) is 0 Å². The van der Waals surface area contributed by atoms with Crippen LogP contribution in [0.1, 0.15) is 18.1 Å². The molecule has 2 heterocycles. The van der Waals surface area contributed by atoms with Gasteiger partial charge in [0.1, 0.15) is 11.8 Å². The number of carbonyl (C=O) groups excluding carboxylic acids is 2. The maximum atomic E-state index is 13.3. The lowest BCUT2D eigenvalue weighted by atomic mass is 9.96. The van der Waals surface area contributed by atoms with Crippen LogP contribution in [0.3, 0.4) is 0 Å². The zero-order valence-electron chi connectivity index (χ0n) is 19.1. The molecule has 0 unspecified atom stereocenters. The van der Waals surface area contributed by atoms with Crippen LogP contribution in [0.2, 0.25) is 0 Å². The summed E-state index contributed by atoms with van der Waals surface area (Å²) in [7, 11) is 1.65. The number of hydrogen-bond acceptors (Lipinski definition) is 4. The zero-order chi connectivity index (χ0) is 23.2. The molecule has 1 saturated heterocycles. The first-order valence-corrected chi connectivity index (χ1v) is 11.3.